The number of carbonyl (C=O) groups excluding carboxylic acids is 1. The van der Waals surface area contributed by atoms with E-state index >= 15 is 0 Å². The lowest BCUT2D eigenvalue weighted by Gasteiger charge is -2.06. The molecule has 0 aliphatic heterocycles. The first-order chi connectivity index (χ1) is 6.34. The molecule has 0 N–H and O–H groups in total. The number of ketones is 1. The third-order valence-corrected chi connectivity index (χ3v) is 2.11. The van der Waals surface area contributed by atoms with Crippen LogP contribution in [-0.4, -0.2) is 16.9 Å². The highest BCUT2D eigenvalue weighted by molar-refractivity contribution is 6.43. The lowest BCUT2D eigenvalue weighted by Crippen LogP contribution is -2.23. The Morgan fingerprint density at radius 2 is 1.93 bits per heavy atom. The van der Waals surface area contributed by atoms with Gasteiger partial charge in [0.1, 0.15) is 5.15 Å². The second-order valence-electron chi connectivity index (χ2n) is 2.29. The number of nitrogens with zero attached hydrogens (tertiary/aromatic N) is 1. The van der Waals surface area contributed by atoms with Crippen molar-refractivity contribution in [1.82, 2.24) is 4.98 Å². The molecule has 0 aromatic carbocycles. The molecule has 0 unspecified atom stereocenters. The maximum atomic E-state index is 12.0. The van der Waals surface area contributed by atoms with E-state index in [1.165, 1.54) is 0 Å². The lowest BCUT2D eigenvalue weighted by molar-refractivity contribution is -0.0885. The van der Waals surface area contributed by atoms with E-state index in [4.69, 9.17) is 23.2 Å². The average Bonchev–Trinajstić information content (AvgIpc) is 2.07. The van der Waals surface area contributed by atoms with Crippen LogP contribution in [0, 0.1) is 0 Å². The highest BCUT2D eigenvalue weighted by Crippen LogP contribution is 2.29. The fourth-order valence-corrected chi connectivity index (χ4v) is 1.10. The first-order valence-corrected chi connectivity index (χ1v) is 4.01. The first-order valence-electron chi connectivity index (χ1n) is 3.25. The van der Waals surface area contributed by atoms with E-state index in [-0.39, 0.29) is 5.15 Å². The molecule has 0 amide bonds. The Balaban J connectivity index is 3.21. The molecular weight excluding hydrogens is 242 g/mol. The number of aromatic nitrogens is 1. The minimum atomic E-state index is -4.96. The monoisotopic (exact) mass is 243 g/mol. The number of carbonyl (C=O) groups is 1. The van der Waals surface area contributed by atoms with Gasteiger partial charge in [-0.25, -0.2) is 4.98 Å². The maximum Gasteiger partial charge on any atom is 0.454 e. The number of hydrogen-bond acceptors (Lipinski definition) is 2. The Hall–Kier alpha value is -0.810. The largest absolute Gasteiger partial charge is 0.454 e. The average molecular weight is 244 g/mol. The van der Waals surface area contributed by atoms with Crippen molar-refractivity contribution < 1.29 is 18.0 Å². The Kier molecular flexibility index (Phi) is 3.01. The molecule has 7 heteroatoms. The van der Waals surface area contributed by atoms with Gasteiger partial charge in [0.05, 0.1) is 10.6 Å². The molecule has 76 valence electrons. The van der Waals surface area contributed by atoms with Gasteiger partial charge in [-0.3, -0.25) is 4.79 Å². The van der Waals surface area contributed by atoms with Crippen molar-refractivity contribution in [2.45, 2.75) is 6.18 Å². The Morgan fingerprint density at radius 3 is 2.43 bits per heavy atom. The first kappa shape index (κ1) is 11.3. The summed E-state index contributed by atoms with van der Waals surface area (Å²) in [5.74, 6) is -2.04. The van der Waals surface area contributed by atoms with E-state index in [2.05, 4.69) is 4.98 Å². The molecule has 1 aromatic rings. The Morgan fingerprint density at radius 1 is 1.36 bits per heavy atom. The van der Waals surface area contributed by atoms with Gasteiger partial charge in [-0.15, -0.1) is 0 Å². The van der Waals surface area contributed by atoms with Crippen LogP contribution in [0.5, 0.6) is 0 Å². The van der Waals surface area contributed by atoms with E-state index in [0.717, 1.165) is 12.3 Å². The van der Waals surface area contributed by atoms with Crippen molar-refractivity contribution >= 4 is 29.0 Å². The summed E-state index contributed by atoms with van der Waals surface area (Å²) in [6, 6.07) is 0.865. The van der Waals surface area contributed by atoms with E-state index in [1.54, 1.807) is 0 Å². The molecule has 0 radical (unpaired) electrons. The summed E-state index contributed by atoms with van der Waals surface area (Å²) in [4.78, 5) is 14.2. The van der Waals surface area contributed by atoms with Gasteiger partial charge in [-0.2, -0.15) is 13.2 Å². The fourth-order valence-electron chi connectivity index (χ4n) is 0.746. The van der Waals surface area contributed by atoms with Crippen LogP contribution in [0.3, 0.4) is 0 Å². The molecule has 0 aliphatic rings. The van der Waals surface area contributed by atoms with Gasteiger partial charge < -0.3 is 0 Å². The molecule has 2 nitrogen and oxygen atoms in total. The third kappa shape index (κ3) is 2.16. The molecule has 1 heterocycles. The second-order valence-corrected chi connectivity index (χ2v) is 3.03. The van der Waals surface area contributed by atoms with E-state index in [9.17, 15) is 18.0 Å². The summed E-state index contributed by atoms with van der Waals surface area (Å²) < 4.78 is 35.9. The number of rotatable bonds is 1. The molecule has 0 bridgehead atoms. The van der Waals surface area contributed by atoms with Crippen molar-refractivity contribution in [3.05, 3.63) is 28.0 Å². The van der Waals surface area contributed by atoms with E-state index in [0.29, 0.717) is 0 Å². The normalized spacial score (nSPS) is 11.5. The fraction of sp³-hybridized carbons (Fsp3) is 0.143. The zero-order valence-electron chi connectivity index (χ0n) is 6.40. The number of pyridine rings is 1. The van der Waals surface area contributed by atoms with Crippen LogP contribution in [0.1, 0.15) is 10.4 Å². The van der Waals surface area contributed by atoms with Gasteiger partial charge in [0.15, 0.2) is 0 Å². The SMILES string of the molecule is O=C(c1ccnc(Cl)c1Cl)C(F)(F)F. The van der Waals surface area contributed by atoms with Crippen LogP contribution in [0.2, 0.25) is 10.2 Å². The van der Waals surface area contributed by atoms with Crippen LogP contribution in [0.15, 0.2) is 12.3 Å². The van der Waals surface area contributed by atoms with Crippen LogP contribution in [0.25, 0.3) is 0 Å². The van der Waals surface area contributed by atoms with Crippen molar-refractivity contribution in [1.29, 1.82) is 0 Å². The predicted octanol–water partition coefficient (Wildman–Crippen LogP) is 3.13. The van der Waals surface area contributed by atoms with Crippen molar-refractivity contribution in [3.63, 3.8) is 0 Å². The van der Waals surface area contributed by atoms with Gasteiger partial charge >= 0.3 is 6.18 Å². The molecule has 0 spiro atoms. The van der Waals surface area contributed by atoms with Crippen LogP contribution in [-0.2, 0) is 0 Å². The summed E-state index contributed by atoms with van der Waals surface area (Å²) >= 11 is 10.7. The highest BCUT2D eigenvalue weighted by atomic mass is 35.5. The standard InChI is InChI=1S/C7H2Cl2F3NO/c8-4-3(1-2-13-6(4)9)5(14)7(10,11)12/h1-2H. The Bertz CT molecular complexity index is 378. The molecular formula is C7H2Cl2F3NO. The molecule has 1 rings (SSSR count). The third-order valence-electron chi connectivity index (χ3n) is 1.35. The molecule has 0 atom stereocenters. The summed E-state index contributed by atoms with van der Waals surface area (Å²) in [6.45, 7) is 0. The summed E-state index contributed by atoms with van der Waals surface area (Å²) in [7, 11) is 0. The molecule has 1 aromatic heterocycles. The molecule has 14 heavy (non-hydrogen) atoms. The predicted molar refractivity (Wildman–Crippen MR) is 44.6 cm³/mol. The van der Waals surface area contributed by atoms with E-state index in [1.807, 2.05) is 0 Å². The Labute approximate surface area is 86.6 Å². The second kappa shape index (κ2) is 3.74. The number of hydrogen-bond donors (Lipinski definition) is 0. The molecule has 0 aliphatic carbocycles. The number of Topliss-reactive ketones (excluding diaryl/α,β-unsaturated/α-hetero) is 1. The van der Waals surface area contributed by atoms with Crippen molar-refractivity contribution in [2.24, 2.45) is 0 Å². The van der Waals surface area contributed by atoms with Crippen LogP contribution >= 0.6 is 23.2 Å². The van der Waals surface area contributed by atoms with E-state index < -0.39 is 22.5 Å². The molecule has 0 saturated heterocycles. The summed E-state index contributed by atoms with van der Waals surface area (Å²) in [5.41, 5.74) is -0.695. The minimum absolute atomic E-state index is 0.332. The van der Waals surface area contributed by atoms with Gasteiger partial charge in [-0.05, 0) is 6.07 Å². The van der Waals surface area contributed by atoms with Gasteiger partial charge in [0, 0.05) is 6.20 Å². The van der Waals surface area contributed by atoms with Crippen molar-refractivity contribution in [3.8, 4) is 0 Å². The van der Waals surface area contributed by atoms with Crippen LogP contribution in [0.4, 0.5) is 13.2 Å². The smallest absolute Gasteiger partial charge is 0.284 e. The quantitative estimate of drug-likeness (QED) is 0.561. The summed E-state index contributed by atoms with van der Waals surface area (Å²) in [6.07, 6.45) is -3.98. The molecule has 0 saturated carbocycles. The maximum absolute atomic E-state index is 12.0. The van der Waals surface area contributed by atoms with Crippen molar-refractivity contribution in [2.75, 3.05) is 0 Å². The zero-order valence-corrected chi connectivity index (χ0v) is 7.91. The topological polar surface area (TPSA) is 30.0 Å². The minimum Gasteiger partial charge on any atom is -0.284 e. The zero-order chi connectivity index (χ0) is 10.9. The highest BCUT2D eigenvalue weighted by Gasteiger charge is 2.40. The molecule has 0 fully saturated rings. The number of halogens is 5. The lowest BCUT2D eigenvalue weighted by atomic mass is 10.2. The summed E-state index contributed by atoms with van der Waals surface area (Å²) in [5, 5.41) is -0.821. The van der Waals surface area contributed by atoms with Gasteiger partial charge in [0.25, 0.3) is 5.78 Å². The van der Waals surface area contributed by atoms with Crippen LogP contribution < -0.4 is 0 Å². The number of alkyl halides is 3. The van der Waals surface area contributed by atoms with Gasteiger partial charge in [0.2, 0.25) is 0 Å². The van der Waals surface area contributed by atoms with Gasteiger partial charge in [-0.1, -0.05) is 23.2 Å².